The lowest BCUT2D eigenvalue weighted by Crippen LogP contribution is -2.23. The van der Waals surface area contributed by atoms with E-state index in [1.165, 1.54) is 12.2 Å². The maximum absolute atomic E-state index is 11.1. The first-order valence-corrected chi connectivity index (χ1v) is 4.79. The highest BCUT2D eigenvalue weighted by molar-refractivity contribution is 7.82. The minimum Gasteiger partial charge on any atom is -0.477 e. The van der Waals surface area contributed by atoms with E-state index in [0.29, 0.717) is 0 Å². The third-order valence-corrected chi connectivity index (χ3v) is 1.50. The molecule has 0 aromatic heterocycles. The molecule has 0 saturated carbocycles. The van der Waals surface area contributed by atoms with Crippen molar-refractivity contribution < 1.29 is 19.4 Å². The van der Waals surface area contributed by atoms with Crippen LogP contribution in [0.1, 0.15) is 27.2 Å². The van der Waals surface area contributed by atoms with Gasteiger partial charge in [-0.25, -0.2) is 4.79 Å². The molecule has 0 amide bonds. The summed E-state index contributed by atoms with van der Waals surface area (Å²) in [6, 6.07) is 0. The first-order valence-electron chi connectivity index (χ1n) is 4.38. The van der Waals surface area contributed by atoms with Gasteiger partial charge in [-0.05, 0) is 26.8 Å². The van der Waals surface area contributed by atoms with E-state index in [-0.39, 0.29) is 11.3 Å². The molecule has 0 bridgehead atoms. The maximum Gasteiger partial charge on any atom is 0.346 e. The van der Waals surface area contributed by atoms with Gasteiger partial charge in [0.05, 0.1) is 6.42 Å². The van der Waals surface area contributed by atoms with Gasteiger partial charge >= 0.3 is 11.9 Å². The topological polar surface area (TPSA) is 63.6 Å². The summed E-state index contributed by atoms with van der Waals surface area (Å²) >= 11 is 4.50. The fourth-order valence-electron chi connectivity index (χ4n) is 0.717. The molecule has 0 spiro atoms. The van der Waals surface area contributed by atoms with Crippen LogP contribution in [-0.2, 0) is 14.3 Å². The Hall–Kier alpha value is -1.23. The van der Waals surface area contributed by atoms with Gasteiger partial charge in [-0.3, -0.25) is 4.79 Å². The van der Waals surface area contributed by atoms with Gasteiger partial charge in [-0.15, -0.1) is 0 Å². The first-order chi connectivity index (χ1) is 6.72. The Morgan fingerprint density at radius 3 is 2.33 bits per heavy atom. The molecule has 0 aromatic rings. The highest BCUT2D eigenvalue weighted by Crippen LogP contribution is 2.08. The minimum absolute atomic E-state index is 0.0185. The number of esters is 1. The molecule has 4 nitrogen and oxygen atoms in total. The zero-order valence-corrected chi connectivity index (χ0v) is 9.76. The second kappa shape index (κ2) is 5.60. The first kappa shape index (κ1) is 13.8. The molecular weight excluding hydrogens is 216 g/mol. The summed E-state index contributed by atoms with van der Waals surface area (Å²) in [5.41, 5.74) is -0.530. The maximum atomic E-state index is 11.1. The molecule has 84 valence electrons. The van der Waals surface area contributed by atoms with Crippen LogP contribution >= 0.6 is 12.2 Å². The van der Waals surface area contributed by atoms with Crippen LogP contribution in [0.4, 0.5) is 0 Å². The fourth-order valence-corrected chi connectivity index (χ4v) is 0.813. The fraction of sp³-hybridized carbons (Fsp3) is 0.500. The number of thiocarbonyl (C=S) groups is 1. The molecule has 0 atom stereocenters. The SMILES string of the molecule is CC(C)(C)OC(=O)C/C=C\C(=S)C(=O)O. The van der Waals surface area contributed by atoms with Crippen molar-refractivity contribution in [3.63, 3.8) is 0 Å². The molecule has 0 fully saturated rings. The number of carbonyl (C=O) groups is 2. The zero-order valence-electron chi connectivity index (χ0n) is 8.94. The summed E-state index contributed by atoms with van der Waals surface area (Å²) in [5, 5.41) is 8.43. The lowest BCUT2D eigenvalue weighted by atomic mass is 10.2. The summed E-state index contributed by atoms with van der Waals surface area (Å²) in [7, 11) is 0. The van der Waals surface area contributed by atoms with Gasteiger partial charge in [-0.1, -0.05) is 18.3 Å². The van der Waals surface area contributed by atoms with Crippen LogP contribution in [-0.4, -0.2) is 27.5 Å². The average molecular weight is 230 g/mol. The smallest absolute Gasteiger partial charge is 0.346 e. The minimum atomic E-state index is -1.18. The lowest BCUT2D eigenvalue weighted by Gasteiger charge is -2.18. The normalized spacial score (nSPS) is 11.4. The standard InChI is InChI=1S/C10H14O4S/c1-10(2,3)14-8(11)6-4-5-7(15)9(12)13/h4-5H,6H2,1-3H3,(H,12,13)/b5-4-. The van der Waals surface area contributed by atoms with E-state index in [1.54, 1.807) is 20.8 Å². The van der Waals surface area contributed by atoms with Crippen molar-refractivity contribution in [2.75, 3.05) is 0 Å². The van der Waals surface area contributed by atoms with E-state index in [0.717, 1.165) is 0 Å². The second-order valence-corrected chi connectivity index (χ2v) is 4.30. The Balaban J connectivity index is 4.02. The summed E-state index contributed by atoms with van der Waals surface area (Å²) < 4.78 is 5.00. The number of carboxylic acid groups (broad SMARTS) is 1. The van der Waals surface area contributed by atoms with Gasteiger partial charge in [0.1, 0.15) is 10.5 Å². The van der Waals surface area contributed by atoms with Crippen molar-refractivity contribution >= 4 is 29.0 Å². The molecule has 15 heavy (non-hydrogen) atoms. The second-order valence-electron chi connectivity index (χ2n) is 3.86. The Morgan fingerprint density at radius 1 is 1.40 bits per heavy atom. The average Bonchev–Trinajstić information content (AvgIpc) is 2.00. The molecule has 5 heteroatoms. The molecule has 0 saturated heterocycles. The van der Waals surface area contributed by atoms with Crippen LogP contribution in [0.2, 0.25) is 0 Å². The number of aliphatic carboxylic acids is 1. The third-order valence-electron chi connectivity index (χ3n) is 1.18. The number of hydrogen-bond donors (Lipinski definition) is 1. The molecule has 0 aromatic carbocycles. The Bertz CT molecular complexity index is 299. The molecule has 0 unspecified atom stereocenters. The molecule has 0 rings (SSSR count). The van der Waals surface area contributed by atoms with Crippen molar-refractivity contribution in [3.8, 4) is 0 Å². The highest BCUT2D eigenvalue weighted by atomic mass is 32.1. The van der Waals surface area contributed by atoms with Gasteiger partial charge < -0.3 is 9.84 Å². The molecule has 0 heterocycles. The van der Waals surface area contributed by atoms with E-state index in [1.807, 2.05) is 0 Å². The monoisotopic (exact) mass is 230 g/mol. The van der Waals surface area contributed by atoms with Crippen molar-refractivity contribution in [2.24, 2.45) is 0 Å². The van der Waals surface area contributed by atoms with E-state index in [4.69, 9.17) is 9.84 Å². The summed E-state index contributed by atoms with van der Waals surface area (Å²) in [6.45, 7) is 5.28. The predicted molar refractivity (Wildman–Crippen MR) is 59.8 cm³/mol. The number of rotatable bonds is 4. The summed E-state index contributed by atoms with van der Waals surface area (Å²) in [6.07, 6.45) is 2.61. The molecule has 0 aliphatic carbocycles. The number of carboxylic acids is 1. The van der Waals surface area contributed by atoms with Gasteiger partial charge in [0.25, 0.3) is 0 Å². The van der Waals surface area contributed by atoms with Crippen LogP contribution in [0.3, 0.4) is 0 Å². The molecular formula is C10H14O4S. The summed E-state index contributed by atoms with van der Waals surface area (Å²) in [4.78, 5) is 21.2. The van der Waals surface area contributed by atoms with Crippen molar-refractivity contribution in [1.82, 2.24) is 0 Å². The van der Waals surface area contributed by atoms with Crippen LogP contribution in [0.15, 0.2) is 12.2 Å². The summed E-state index contributed by atoms with van der Waals surface area (Å²) in [5.74, 6) is -1.59. The lowest BCUT2D eigenvalue weighted by molar-refractivity contribution is -0.153. The zero-order chi connectivity index (χ0) is 12.1. The quantitative estimate of drug-likeness (QED) is 0.452. The molecule has 0 aliphatic heterocycles. The van der Waals surface area contributed by atoms with E-state index in [2.05, 4.69) is 12.2 Å². The van der Waals surface area contributed by atoms with Gasteiger partial charge in [0.2, 0.25) is 0 Å². The number of hydrogen-bond acceptors (Lipinski definition) is 4. The van der Waals surface area contributed by atoms with Crippen LogP contribution in [0.25, 0.3) is 0 Å². The molecule has 0 radical (unpaired) electrons. The molecule has 1 N–H and O–H groups in total. The van der Waals surface area contributed by atoms with Crippen LogP contribution in [0.5, 0.6) is 0 Å². The van der Waals surface area contributed by atoms with Crippen molar-refractivity contribution in [3.05, 3.63) is 12.2 Å². The Labute approximate surface area is 93.9 Å². The largest absolute Gasteiger partial charge is 0.477 e. The van der Waals surface area contributed by atoms with Gasteiger partial charge in [0.15, 0.2) is 0 Å². The van der Waals surface area contributed by atoms with Gasteiger partial charge in [-0.2, -0.15) is 0 Å². The van der Waals surface area contributed by atoms with Crippen molar-refractivity contribution in [1.29, 1.82) is 0 Å². The predicted octanol–water partition coefficient (Wildman–Crippen LogP) is 1.73. The van der Waals surface area contributed by atoms with E-state index in [9.17, 15) is 9.59 Å². The van der Waals surface area contributed by atoms with E-state index >= 15 is 0 Å². The van der Waals surface area contributed by atoms with E-state index < -0.39 is 17.5 Å². The van der Waals surface area contributed by atoms with Crippen LogP contribution < -0.4 is 0 Å². The number of carbonyl (C=O) groups excluding carboxylic acids is 1. The molecule has 0 aliphatic rings. The highest BCUT2D eigenvalue weighted by Gasteiger charge is 2.14. The van der Waals surface area contributed by atoms with Crippen LogP contribution in [0, 0.1) is 0 Å². The van der Waals surface area contributed by atoms with Crippen molar-refractivity contribution in [2.45, 2.75) is 32.8 Å². The number of ether oxygens (including phenoxy) is 1. The Kier molecular flexibility index (Phi) is 5.14. The van der Waals surface area contributed by atoms with Gasteiger partial charge in [0, 0.05) is 0 Å². The Morgan fingerprint density at radius 2 is 1.93 bits per heavy atom. The third kappa shape index (κ3) is 7.81.